The number of rotatable bonds is 20. The molecule has 378 valence electrons. The summed E-state index contributed by atoms with van der Waals surface area (Å²) in [6, 6.07) is 15.9. The molecule has 0 bridgehead atoms. The van der Waals surface area contributed by atoms with Gasteiger partial charge in [-0.05, 0) is 49.3 Å². The molecule has 2 unspecified atom stereocenters. The second kappa shape index (κ2) is 32.8. The molecule has 2 aliphatic carbocycles. The minimum absolute atomic E-state index is 0. The van der Waals surface area contributed by atoms with Crippen LogP contribution in [-0.2, 0) is 76.0 Å². The second-order valence-electron chi connectivity index (χ2n) is 17.0. The normalized spacial score (nSPS) is 17.5. The Morgan fingerprint density at radius 1 is 0.522 bits per heavy atom. The first-order chi connectivity index (χ1) is 32.0. The molecule has 2 aromatic carbocycles. The van der Waals surface area contributed by atoms with Gasteiger partial charge in [0, 0.05) is 42.3 Å². The number of imidazole rings is 1. The number of hydrogen-bond acceptors (Lipinski definition) is 12. The van der Waals surface area contributed by atoms with Gasteiger partial charge in [-0.15, -0.1) is 0 Å². The summed E-state index contributed by atoms with van der Waals surface area (Å²) < 4.78 is 0. The fraction of sp³-hybridized carbons (Fsp3) is 0.542. The third-order valence-corrected chi connectivity index (χ3v) is 11.1. The number of hydrogen-bond donors (Lipinski definition) is 7. The predicted molar refractivity (Wildman–Crippen MR) is 252 cm³/mol. The van der Waals surface area contributed by atoms with Crippen LogP contribution in [0, 0.1) is 0 Å². The maximum atomic E-state index is 11.6. The average molecular weight is 1050 g/mol. The van der Waals surface area contributed by atoms with Crippen molar-refractivity contribution in [1.82, 2.24) is 34.6 Å². The molecule has 2 heterocycles. The van der Waals surface area contributed by atoms with Crippen LogP contribution in [0.1, 0.15) is 103 Å². The van der Waals surface area contributed by atoms with Gasteiger partial charge in [0.05, 0.1) is 62.5 Å². The predicted octanol–water partition coefficient (Wildman–Crippen LogP) is 5.96. The topological polar surface area (TPSA) is 278 Å². The molecule has 2 radical (unpaired) electrons. The summed E-state index contributed by atoms with van der Waals surface area (Å²) in [5, 5.41) is 58.1. The largest absolute Gasteiger partial charge is 2.00 e. The summed E-state index contributed by atoms with van der Waals surface area (Å²) in [4.78, 5) is 87.2. The van der Waals surface area contributed by atoms with Gasteiger partial charge in [-0.2, -0.15) is 0 Å². The molecule has 2 aliphatic rings. The van der Waals surface area contributed by atoms with Crippen molar-refractivity contribution < 1.29 is 93.5 Å². The zero-order chi connectivity index (χ0) is 49.5. The van der Waals surface area contributed by atoms with E-state index >= 15 is 0 Å². The van der Waals surface area contributed by atoms with E-state index in [1.807, 2.05) is 54.6 Å². The number of aromatic amines is 1. The molecule has 6 rings (SSSR count). The molecule has 21 heteroatoms. The van der Waals surface area contributed by atoms with E-state index < -0.39 is 62.0 Å². The number of para-hydroxylation sites is 2. The van der Waals surface area contributed by atoms with E-state index in [0.29, 0.717) is 37.2 Å². The van der Waals surface area contributed by atoms with Crippen molar-refractivity contribution in [2.45, 2.75) is 129 Å². The molecule has 4 atom stereocenters. The molecule has 4 aromatic rings. The fourth-order valence-electron chi connectivity index (χ4n) is 8.79. The Labute approximate surface area is 424 Å². The first-order valence-electron chi connectivity index (χ1n) is 23.0. The number of carbonyl (C=O) groups is 6. The van der Waals surface area contributed by atoms with Gasteiger partial charge in [-0.3, -0.25) is 53.4 Å². The van der Waals surface area contributed by atoms with Crippen LogP contribution in [0.25, 0.3) is 21.8 Å². The summed E-state index contributed by atoms with van der Waals surface area (Å²) in [5.74, 6) is -5.81. The Bertz CT molecular complexity index is 2150. The van der Waals surface area contributed by atoms with Gasteiger partial charge in [0.15, 0.2) is 0 Å². The van der Waals surface area contributed by atoms with Crippen LogP contribution in [-0.4, -0.2) is 164 Å². The van der Waals surface area contributed by atoms with Crippen molar-refractivity contribution in [2.75, 3.05) is 39.3 Å². The summed E-state index contributed by atoms with van der Waals surface area (Å²) in [5.41, 5.74) is 2.34. The number of carboxylic acid groups (broad SMARTS) is 6. The minimum Gasteiger partial charge on any atom is -0.480 e. The van der Waals surface area contributed by atoms with Gasteiger partial charge in [0.1, 0.15) is 5.82 Å². The number of aliphatic carboxylic acids is 6. The minimum atomic E-state index is -1.11. The van der Waals surface area contributed by atoms with E-state index in [-0.39, 0.29) is 84.5 Å². The Morgan fingerprint density at radius 3 is 1.28 bits per heavy atom. The number of pyridine rings is 1. The van der Waals surface area contributed by atoms with Crippen molar-refractivity contribution in [1.29, 1.82) is 0 Å². The Balaban J connectivity index is 0.000000604. The van der Waals surface area contributed by atoms with Crippen molar-refractivity contribution in [3.63, 3.8) is 0 Å². The Hall–Kier alpha value is -4.98. The quantitative estimate of drug-likeness (QED) is 0.0503. The van der Waals surface area contributed by atoms with Crippen LogP contribution >= 0.6 is 0 Å². The van der Waals surface area contributed by atoms with Gasteiger partial charge in [-0.1, -0.05) is 103 Å². The molecule has 0 aliphatic heterocycles. The van der Waals surface area contributed by atoms with Crippen LogP contribution in [0.2, 0.25) is 0 Å². The standard InChI is InChI=1S/C22H27N3O6.C20H26N4O6.2C3H8.2Mn/c26-20(27)12-24(11-17-9-15-5-1-2-6-16(15)10-23-17)18-7-3-4-8-19(18)25(13-21(28)29)14-22(30)31;25-18(26)10-23(9-17-21-13-5-1-2-6-14(13)22-17)15-7-3-4-8-16(15)24(11-19(27)28)12-20(29)30;2*1-3-2;;/h1-2,5-6,9-10,18-19H,3-4,7-8,11-14H2,(H,26,27)(H,28,29)(H,30,31);1-2,5-6,15-16H,3-4,7-12H2,(H,21,22)(H,25,26)(H,27,28)(H,29,30);2*3H2,1-2H3;;/q;;;;2*+2/t18-,19?;15-,16?;;;;/m00..../s1. The van der Waals surface area contributed by atoms with Crippen LogP contribution in [0.4, 0.5) is 0 Å². The third kappa shape index (κ3) is 21.7. The van der Waals surface area contributed by atoms with Crippen molar-refractivity contribution in [3.8, 4) is 0 Å². The number of carboxylic acids is 6. The van der Waals surface area contributed by atoms with Crippen molar-refractivity contribution in [2.24, 2.45) is 0 Å². The first-order valence-corrected chi connectivity index (χ1v) is 23.0. The van der Waals surface area contributed by atoms with Gasteiger partial charge in [0.25, 0.3) is 0 Å². The smallest absolute Gasteiger partial charge is 0.480 e. The fourth-order valence-corrected chi connectivity index (χ4v) is 8.79. The average Bonchev–Trinajstić information content (AvgIpc) is 3.68. The SMILES string of the molecule is CCC.CCC.O=C(O)CN(CC(=O)O)C1CCCC[C@@H]1N(CC(=O)O)Cc1cc2ccccc2cn1.O=C(O)CN(CC(=O)O)C1CCCC[C@@H]1N(CC(=O)O)Cc1nc2ccccc2[nH]1.[Mn+2].[Mn+2]. The zero-order valence-electron chi connectivity index (χ0n) is 39.9. The van der Waals surface area contributed by atoms with Crippen LogP contribution in [0.5, 0.6) is 0 Å². The number of benzene rings is 2. The van der Waals surface area contributed by atoms with E-state index in [4.69, 9.17) is 0 Å². The van der Waals surface area contributed by atoms with E-state index in [9.17, 15) is 59.4 Å². The van der Waals surface area contributed by atoms with Gasteiger partial charge >= 0.3 is 70.0 Å². The summed E-state index contributed by atoms with van der Waals surface area (Å²) in [7, 11) is 0. The van der Waals surface area contributed by atoms with Crippen LogP contribution in [0.3, 0.4) is 0 Å². The third-order valence-electron chi connectivity index (χ3n) is 11.1. The molecule has 2 fully saturated rings. The van der Waals surface area contributed by atoms with Gasteiger partial charge < -0.3 is 35.6 Å². The first kappa shape index (κ1) is 62.0. The number of nitrogens with zero attached hydrogens (tertiary/aromatic N) is 6. The molecule has 0 saturated heterocycles. The van der Waals surface area contributed by atoms with Gasteiger partial charge in [0.2, 0.25) is 0 Å². The summed E-state index contributed by atoms with van der Waals surface area (Å²) >= 11 is 0. The Morgan fingerprint density at radius 2 is 0.870 bits per heavy atom. The molecule has 2 saturated carbocycles. The molecular formula is C48H69Mn2N7O12+4. The molecule has 2 aromatic heterocycles. The number of fused-ring (bicyclic) bond motifs is 2. The van der Waals surface area contributed by atoms with Crippen molar-refractivity contribution >= 4 is 57.6 Å². The van der Waals surface area contributed by atoms with E-state index in [1.165, 1.54) is 22.6 Å². The van der Waals surface area contributed by atoms with E-state index in [2.05, 4.69) is 42.6 Å². The van der Waals surface area contributed by atoms with E-state index in [1.54, 1.807) is 16.0 Å². The summed E-state index contributed by atoms with van der Waals surface area (Å²) in [6.07, 6.45) is 10.2. The number of aromatic nitrogens is 3. The maximum Gasteiger partial charge on any atom is 2.00 e. The monoisotopic (exact) mass is 1050 g/mol. The maximum absolute atomic E-state index is 11.6. The Kier molecular flexibility index (Phi) is 29.5. The molecule has 19 nitrogen and oxygen atoms in total. The number of H-pyrrole nitrogens is 1. The van der Waals surface area contributed by atoms with E-state index in [0.717, 1.165) is 47.5 Å². The summed E-state index contributed by atoms with van der Waals surface area (Å²) in [6.45, 7) is 6.95. The van der Waals surface area contributed by atoms with Crippen molar-refractivity contribution in [3.05, 3.63) is 72.3 Å². The van der Waals surface area contributed by atoms with Crippen LogP contribution in [0.15, 0.2) is 60.8 Å². The molecular weight excluding hydrogens is 976 g/mol. The number of nitrogens with one attached hydrogen (secondary N) is 1. The second-order valence-corrected chi connectivity index (χ2v) is 17.0. The van der Waals surface area contributed by atoms with Crippen LogP contribution < -0.4 is 0 Å². The van der Waals surface area contributed by atoms with Gasteiger partial charge in [-0.25, -0.2) is 4.98 Å². The molecule has 0 spiro atoms. The zero-order valence-corrected chi connectivity index (χ0v) is 42.2. The molecule has 0 amide bonds. The molecule has 7 N–H and O–H groups in total. The molecule has 69 heavy (non-hydrogen) atoms.